The van der Waals surface area contributed by atoms with Gasteiger partial charge in [-0.05, 0) is 30.2 Å². The Labute approximate surface area is 111 Å². The summed E-state index contributed by atoms with van der Waals surface area (Å²) in [7, 11) is 0. The average molecular weight is 267 g/mol. The standard InChI is InChI=1S/C14H15ClOS/c1-2-10-7-8-11(17-10)9-14(16)12-5-3-4-6-13(12)15/h3-8,14,16H,2,9H2,1H3. The van der Waals surface area contributed by atoms with E-state index in [0.717, 1.165) is 12.0 Å². The maximum atomic E-state index is 10.2. The molecule has 1 unspecified atom stereocenters. The van der Waals surface area contributed by atoms with E-state index in [2.05, 4.69) is 19.1 Å². The molecule has 1 heterocycles. The van der Waals surface area contributed by atoms with Crippen molar-refractivity contribution >= 4 is 22.9 Å². The van der Waals surface area contributed by atoms with Crippen LogP contribution in [0.1, 0.15) is 28.3 Å². The summed E-state index contributed by atoms with van der Waals surface area (Å²) >= 11 is 7.82. The van der Waals surface area contributed by atoms with Crippen LogP contribution in [0, 0.1) is 0 Å². The molecule has 2 aromatic rings. The van der Waals surface area contributed by atoms with Gasteiger partial charge in [0.05, 0.1) is 6.10 Å². The van der Waals surface area contributed by atoms with Gasteiger partial charge in [0, 0.05) is 21.2 Å². The minimum absolute atomic E-state index is 0.521. The summed E-state index contributed by atoms with van der Waals surface area (Å²) in [6, 6.07) is 11.7. The van der Waals surface area contributed by atoms with Gasteiger partial charge < -0.3 is 5.11 Å². The zero-order valence-electron chi connectivity index (χ0n) is 9.69. The fraction of sp³-hybridized carbons (Fsp3) is 0.286. The zero-order valence-corrected chi connectivity index (χ0v) is 11.3. The second-order valence-corrected chi connectivity index (χ2v) is 5.62. The molecule has 2 rings (SSSR count). The lowest BCUT2D eigenvalue weighted by atomic mass is 10.1. The summed E-state index contributed by atoms with van der Waals surface area (Å²) in [5.41, 5.74) is 0.806. The molecule has 90 valence electrons. The van der Waals surface area contributed by atoms with E-state index in [-0.39, 0.29) is 0 Å². The molecule has 0 bridgehead atoms. The van der Waals surface area contributed by atoms with Crippen LogP contribution in [0.25, 0.3) is 0 Å². The highest BCUT2D eigenvalue weighted by Gasteiger charge is 2.12. The topological polar surface area (TPSA) is 20.2 Å². The van der Waals surface area contributed by atoms with Crippen molar-refractivity contribution in [2.45, 2.75) is 25.9 Å². The molecule has 1 aromatic carbocycles. The molecule has 0 aliphatic rings. The molecule has 0 saturated carbocycles. The molecule has 0 aliphatic heterocycles. The molecular weight excluding hydrogens is 252 g/mol. The van der Waals surface area contributed by atoms with Crippen LogP contribution in [0.15, 0.2) is 36.4 Å². The molecule has 3 heteroatoms. The first-order chi connectivity index (χ1) is 8.20. The van der Waals surface area contributed by atoms with Crippen molar-refractivity contribution in [3.8, 4) is 0 Å². The molecule has 0 saturated heterocycles. The largest absolute Gasteiger partial charge is 0.388 e. The van der Waals surface area contributed by atoms with Gasteiger partial charge in [0.25, 0.3) is 0 Å². The summed E-state index contributed by atoms with van der Waals surface area (Å²) in [5, 5.41) is 10.8. The summed E-state index contributed by atoms with van der Waals surface area (Å²) in [4.78, 5) is 2.56. The highest BCUT2D eigenvalue weighted by atomic mass is 35.5. The Balaban J connectivity index is 2.11. The van der Waals surface area contributed by atoms with Crippen molar-refractivity contribution in [1.29, 1.82) is 0 Å². The fourth-order valence-electron chi connectivity index (χ4n) is 1.77. The smallest absolute Gasteiger partial charge is 0.0852 e. The van der Waals surface area contributed by atoms with Crippen LogP contribution in [0.2, 0.25) is 5.02 Å². The third-order valence-electron chi connectivity index (χ3n) is 2.72. The van der Waals surface area contributed by atoms with Gasteiger partial charge in [-0.1, -0.05) is 36.7 Å². The lowest BCUT2D eigenvalue weighted by Crippen LogP contribution is -2.00. The third-order valence-corrected chi connectivity index (χ3v) is 4.32. The maximum absolute atomic E-state index is 10.2. The van der Waals surface area contributed by atoms with Crippen molar-refractivity contribution in [3.05, 3.63) is 56.7 Å². The van der Waals surface area contributed by atoms with Gasteiger partial charge in [0.15, 0.2) is 0 Å². The summed E-state index contributed by atoms with van der Waals surface area (Å²) in [5.74, 6) is 0. The van der Waals surface area contributed by atoms with Crippen LogP contribution in [0.4, 0.5) is 0 Å². The van der Waals surface area contributed by atoms with Crippen LogP contribution < -0.4 is 0 Å². The second kappa shape index (κ2) is 5.67. The first kappa shape index (κ1) is 12.6. The van der Waals surface area contributed by atoms with E-state index in [4.69, 9.17) is 11.6 Å². The first-order valence-corrected chi connectivity index (χ1v) is 6.90. The number of halogens is 1. The van der Waals surface area contributed by atoms with Crippen LogP contribution in [-0.4, -0.2) is 5.11 Å². The van der Waals surface area contributed by atoms with Crippen LogP contribution in [0.3, 0.4) is 0 Å². The molecule has 0 amide bonds. The van der Waals surface area contributed by atoms with Crippen LogP contribution in [-0.2, 0) is 12.8 Å². The zero-order chi connectivity index (χ0) is 12.3. The van der Waals surface area contributed by atoms with E-state index < -0.39 is 6.10 Å². The van der Waals surface area contributed by atoms with Crippen molar-refractivity contribution in [2.75, 3.05) is 0 Å². The normalized spacial score (nSPS) is 12.6. The Bertz CT molecular complexity index is 492. The third kappa shape index (κ3) is 3.09. The number of rotatable bonds is 4. The molecular formula is C14H15ClOS. The Hall–Kier alpha value is -0.830. The molecule has 17 heavy (non-hydrogen) atoms. The number of aryl methyl sites for hydroxylation is 1. The van der Waals surface area contributed by atoms with Crippen molar-refractivity contribution in [2.24, 2.45) is 0 Å². The Kier molecular flexibility index (Phi) is 4.21. The van der Waals surface area contributed by atoms with E-state index in [0.29, 0.717) is 11.4 Å². The van der Waals surface area contributed by atoms with E-state index >= 15 is 0 Å². The molecule has 0 radical (unpaired) electrons. The number of benzene rings is 1. The minimum atomic E-state index is -0.521. The SMILES string of the molecule is CCc1ccc(CC(O)c2ccccc2Cl)s1. The van der Waals surface area contributed by atoms with Crippen molar-refractivity contribution < 1.29 is 5.11 Å². The highest BCUT2D eigenvalue weighted by Crippen LogP contribution is 2.28. The predicted molar refractivity (Wildman–Crippen MR) is 73.8 cm³/mol. The molecule has 0 aliphatic carbocycles. The molecule has 1 N–H and O–H groups in total. The van der Waals surface area contributed by atoms with Gasteiger partial charge in [-0.2, -0.15) is 0 Å². The van der Waals surface area contributed by atoms with Gasteiger partial charge in [-0.15, -0.1) is 11.3 Å². The Morgan fingerprint density at radius 1 is 1.18 bits per heavy atom. The number of aliphatic hydroxyl groups excluding tert-OH is 1. The van der Waals surface area contributed by atoms with E-state index in [1.54, 1.807) is 11.3 Å². The van der Waals surface area contributed by atoms with Crippen molar-refractivity contribution in [1.82, 2.24) is 0 Å². The van der Waals surface area contributed by atoms with Gasteiger partial charge in [0.2, 0.25) is 0 Å². The van der Waals surface area contributed by atoms with E-state index in [9.17, 15) is 5.11 Å². The quantitative estimate of drug-likeness (QED) is 0.878. The maximum Gasteiger partial charge on any atom is 0.0852 e. The van der Waals surface area contributed by atoms with Gasteiger partial charge in [-0.3, -0.25) is 0 Å². The number of hydrogen-bond donors (Lipinski definition) is 1. The predicted octanol–water partition coefficient (Wildman–Crippen LogP) is 4.24. The number of aliphatic hydroxyl groups is 1. The molecule has 1 aromatic heterocycles. The molecule has 1 nitrogen and oxygen atoms in total. The molecule has 0 fully saturated rings. The summed E-state index contributed by atoms with van der Waals surface area (Å²) in [6.45, 7) is 2.14. The van der Waals surface area contributed by atoms with E-state index in [1.807, 2.05) is 24.3 Å². The van der Waals surface area contributed by atoms with Crippen molar-refractivity contribution in [3.63, 3.8) is 0 Å². The fourth-order valence-corrected chi connectivity index (χ4v) is 3.02. The van der Waals surface area contributed by atoms with Gasteiger partial charge >= 0.3 is 0 Å². The molecule has 1 atom stereocenters. The second-order valence-electron chi connectivity index (χ2n) is 3.96. The van der Waals surface area contributed by atoms with Crippen LogP contribution in [0.5, 0.6) is 0 Å². The van der Waals surface area contributed by atoms with E-state index in [1.165, 1.54) is 9.75 Å². The first-order valence-electron chi connectivity index (χ1n) is 5.70. The molecule has 0 spiro atoms. The summed E-state index contributed by atoms with van der Waals surface area (Å²) in [6.07, 6.45) is 1.16. The minimum Gasteiger partial charge on any atom is -0.388 e. The lowest BCUT2D eigenvalue weighted by molar-refractivity contribution is 0.179. The number of hydrogen-bond acceptors (Lipinski definition) is 2. The average Bonchev–Trinajstić information content (AvgIpc) is 2.77. The Morgan fingerprint density at radius 3 is 2.53 bits per heavy atom. The highest BCUT2D eigenvalue weighted by molar-refractivity contribution is 7.11. The Morgan fingerprint density at radius 2 is 1.88 bits per heavy atom. The lowest BCUT2D eigenvalue weighted by Gasteiger charge is -2.11. The number of thiophene rings is 1. The van der Waals surface area contributed by atoms with Gasteiger partial charge in [0.1, 0.15) is 0 Å². The van der Waals surface area contributed by atoms with Gasteiger partial charge in [-0.25, -0.2) is 0 Å². The monoisotopic (exact) mass is 266 g/mol. The summed E-state index contributed by atoms with van der Waals surface area (Å²) < 4.78 is 0. The van der Waals surface area contributed by atoms with Crippen LogP contribution >= 0.6 is 22.9 Å².